The summed E-state index contributed by atoms with van der Waals surface area (Å²) in [4.78, 5) is 6.95. The fraction of sp³-hybridized carbons (Fsp3) is 0.471. The number of ether oxygens (including phenoxy) is 1. The Balaban J connectivity index is 1.56. The number of aromatic nitrogens is 1. The van der Waals surface area contributed by atoms with Crippen LogP contribution in [0, 0.1) is 0 Å². The summed E-state index contributed by atoms with van der Waals surface area (Å²) in [7, 11) is 0. The number of fused-ring (bicyclic) bond motifs is 2. The molecule has 4 rings (SSSR count). The van der Waals surface area contributed by atoms with E-state index in [9.17, 15) is 0 Å². The Labute approximate surface area is 124 Å². The largest absolute Gasteiger partial charge is 0.373 e. The van der Waals surface area contributed by atoms with Gasteiger partial charge in [0.2, 0.25) is 0 Å². The van der Waals surface area contributed by atoms with Crippen LogP contribution in [0.4, 0.5) is 0 Å². The van der Waals surface area contributed by atoms with Gasteiger partial charge in [0, 0.05) is 24.2 Å². The molecule has 2 aliphatic heterocycles. The van der Waals surface area contributed by atoms with Gasteiger partial charge in [0.1, 0.15) is 0 Å². The Morgan fingerprint density at radius 3 is 3.24 bits per heavy atom. The number of hydrogen-bond acceptors (Lipinski definition) is 4. The first-order valence-corrected chi connectivity index (χ1v) is 7.77. The predicted octanol–water partition coefficient (Wildman–Crippen LogP) is 2.10. The van der Waals surface area contributed by atoms with E-state index in [1.54, 1.807) is 0 Å². The predicted molar refractivity (Wildman–Crippen MR) is 83.0 cm³/mol. The van der Waals surface area contributed by atoms with E-state index in [2.05, 4.69) is 34.1 Å². The average Bonchev–Trinajstić information content (AvgIpc) is 3.01. The van der Waals surface area contributed by atoms with Crippen molar-refractivity contribution < 1.29 is 4.74 Å². The van der Waals surface area contributed by atoms with Crippen molar-refractivity contribution in [2.24, 2.45) is 5.73 Å². The fourth-order valence-electron chi connectivity index (χ4n) is 3.57. The van der Waals surface area contributed by atoms with Crippen molar-refractivity contribution in [2.75, 3.05) is 19.7 Å². The molecule has 2 aromatic rings. The average molecular weight is 283 g/mol. The van der Waals surface area contributed by atoms with Crippen LogP contribution in [0.2, 0.25) is 0 Å². The maximum absolute atomic E-state index is 6.46. The Kier molecular flexibility index (Phi) is 3.37. The summed E-state index contributed by atoms with van der Waals surface area (Å²) < 4.78 is 6.03. The summed E-state index contributed by atoms with van der Waals surface area (Å²) in [5.74, 6) is 0. The quantitative estimate of drug-likeness (QED) is 0.917. The number of hydrogen-bond donors (Lipinski definition) is 1. The lowest BCUT2D eigenvalue weighted by molar-refractivity contribution is -0.0596. The lowest BCUT2D eigenvalue weighted by Gasteiger charge is -2.37. The topological polar surface area (TPSA) is 51.4 Å². The van der Waals surface area contributed by atoms with Crippen LogP contribution in [0.3, 0.4) is 0 Å². The monoisotopic (exact) mass is 283 g/mol. The SMILES string of the molecule is NC(c1ccc2cccnc2c1)C1CN2CCCC2CO1. The summed E-state index contributed by atoms with van der Waals surface area (Å²) in [5.41, 5.74) is 8.58. The minimum absolute atomic E-state index is 0.0838. The van der Waals surface area contributed by atoms with E-state index < -0.39 is 0 Å². The molecule has 3 heterocycles. The van der Waals surface area contributed by atoms with Crippen molar-refractivity contribution in [3.05, 3.63) is 42.1 Å². The Hall–Kier alpha value is -1.49. The molecular weight excluding hydrogens is 262 g/mol. The van der Waals surface area contributed by atoms with Crippen molar-refractivity contribution in [3.63, 3.8) is 0 Å². The van der Waals surface area contributed by atoms with Gasteiger partial charge in [-0.25, -0.2) is 0 Å². The summed E-state index contributed by atoms with van der Waals surface area (Å²) in [6.07, 6.45) is 4.46. The molecule has 2 fully saturated rings. The van der Waals surface area contributed by atoms with Gasteiger partial charge in [-0.05, 0) is 37.1 Å². The summed E-state index contributed by atoms with van der Waals surface area (Å²) in [6.45, 7) is 2.97. The maximum atomic E-state index is 6.46. The van der Waals surface area contributed by atoms with E-state index in [4.69, 9.17) is 10.5 Å². The second kappa shape index (κ2) is 5.37. The zero-order valence-electron chi connectivity index (χ0n) is 12.1. The van der Waals surface area contributed by atoms with E-state index in [1.165, 1.54) is 19.4 Å². The van der Waals surface area contributed by atoms with Gasteiger partial charge in [-0.15, -0.1) is 0 Å². The molecule has 0 radical (unpaired) electrons. The normalized spacial score (nSPS) is 27.7. The van der Waals surface area contributed by atoms with E-state index in [1.807, 2.05) is 12.3 Å². The third-order valence-corrected chi connectivity index (χ3v) is 4.83. The van der Waals surface area contributed by atoms with Gasteiger partial charge >= 0.3 is 0 Å². The molecule has 4 nitrogen and oxygen atoms in total. The second-order valence-electron chi connectivity index (χ2n) is 6.14. The van der Waals surface area contributed by atoms with Gasteiger partial charge in [-0.2, -0.15) is 0 Å². The van der Waals surface area contributed by atoms with Crippen LogP contribution in [0.5, 0.6) is 0 Å². The van der Waals surface area contributed by atoms with Gasteiger partial charge in [0.15, 0.2) is 0 Å². The molecule has 2 aliphatic rings. The molecule has 3 unspecified atom stereocenters. The minimum Gasteiger partial charge on any atom is -0.373 e. The highest BCUT2D eigenvalue weighted by atomic mass is 16.5. The summed E-state index contributed by atoms with van der Waals surface area (Å²) in [6, 6.07) is 10.9. The molecule has 1 aromatic carbocycles. The Morgan fingerprint density at radius 1 is 1.33 bits per heavy atom. The highest BCUT2D eigenvalue weighted by Gasteiger charge is 2.35. The van der Waals surface area contributed by atoms with E-state index in [0.717, 1.165) is 29.6 Å². The number of nitrogens with two attached hydrogens (primary N) is 1. The number of nitrogens with zero attached hydrogens (tertiary/aromatic N) is 2. The van der Waals surface area contributed by atoms with Crippen LogP contribution in [0.25, 0.3) is 10.9 Å². The molecule has 4 heteroatoms. The molecule has 0 saturated carbocycles. The van der Waals surface area contributed by atoms with Crippen LogP contribution >= 0.6 is 0 Å². The third kappa shape index (κ3) is 2.44. The van der Waals surface area contributed by atoms with Crippen LogP contribution < -0.4 is 5.73 Å². The first-order valence-electron chi connectivity index (χ1n) is 7.77. The first-order chi connectivity index (χ1) is 10.3. The lowest BCUT2D eigenvalue weighted by atomic mass is 9.99. The standard InChI is InChI=1S/C17H21N3O/c18-17(16-10-20-8-2-4-14(20)11-21-16)13-6-5-12-3-1-7-19-15(12)9-13/h1,3,5-7,9,14,16-17H,2,4,8,10-11,18H2. The molecule has 2 N–H and O–H groups in total. The lowest BCUT2D eigenvalue weighted by Crippen LogP contribution is -2.49. The number of pyridine rings is 1. The van der Waals surface area contributed by atoms with Gasteiger partial charge < -0.3 is 10.5 Å². The third-order valence-electron chi connectivity index (χ3n) is 4.83. The van der Waals surface area contributed by atoms with Gasteiger partial charge in [-0.1, -0.05) is 18.2 Å². The van der Waals surface area contributed by atoms with Crippen molar-refractivity contribution in [1.29, 1.82) is 0 Å². The molecule has 110 valence electrons. The summed E-state index contributed by atoms with van der Waals surface area (Å²) >= 11 is 0. The smallest absolute Gasteiger partial charge is 0.0895 e. The molecule has 0 amide bonds. The Morgan fingerprint density at radius 2 is 2.29 bits per heavy atom. The molecule has 2 saturated heterocycles. The second-order valence-corrected chi connectivity index (χ2v) is 6.14. The van der Waals surface area contributed by atoms with E-state index >= 15 is 0 Å². The molecule has 0 aliphatic carbocycles. The Bertz CT molecular complexity index is 645. The van der Waals surface area contributed by atoms with Crippen molar-refractivity contribution in [3.8, 4) is 0 Å². The number of morpholine rings is 1. The number of rotatable bonds is 2. The molecule has 1 aromatic heterocycles. The highest BCUT2D eigenvalue weighted by Crippen LogP contribution is 2.28. The van der Waals surface area contributed by atoms with Crippen molar-refractivity contribution in [1.82, 2.24) is 9.88 Å². The summed E-state index contributed by atoms with van der Waals surface area (Å²) in [5, 5.41) is 1.15. The molecule has 0 spiro atoms. The maximum Gasteiger partial charge on any atom is 0.0895 e. The zero-order chi connectivity index (χ0) is 14.2. The molecule has 21 heavy (non-hydrogen) atoms. The van der Waals surface area contributed by atoms with Crippen LogP contribution in [0.1, 0.15) is 24.4 Å². The van der Waals surface area contributed by atoms with E-state index in [0.29, 0.717) is 6.04 Å². The van der Waals surface area contributed by atoms with E-state index in [-0.39, 0.29) is 12.1 Å². The fourth-order valence-corrected chi connectivity index (χ4v) is 3.57. The van der Waals surface area contributed by atoms with Crippen LogP contribution in [0.15, 0.2) is 36.5 Å². The van der Waals surface area contributed by atoms with Crippen LogP contribution in [-0.2, 0) is 4.74 Å². The first kappa shape index (κ1) is 13.2. The molecular formula is C17H21N3O. The van der Waals surface area contributed by atoms with Crippen LogP contribution in [-0.4, -0.2) is 41.7 Å². The van der Waals surface area contributed by atoms with Gasteiger partial charge in [0.25, 0.3) is 0 Å². The highest BCUT2D eigenvalue weighted by molar-refractivity contribution is 5.79. The van der Waals surface area contributed by atoms with Crippen molar-refractivity contribution >= 4 is 10.9 Å². The number of benzene rings is 1. The van der Waals surface area contributed by atoms with Gasteiger partial charge in [0.05, 0.1) is 24.3 Å². The minimum atomic E-state index is -0.0852. The van der Waals surface area contributed by atoms with Gasteiger partial charge in [-0.3, -0.25) is 9.88 Å². The molecule has 3 atom stereocenters. The molecule has 0 bridgehead atoms. The van der Waals surface area contributed by atoms with Crippen molar-refractivity contribution in [2.45, 2.75) is 31.0 Å². The zero-order valence-corrected chi connectivity index (χ0v) is 12.1.